The molecule has 1 aromatic carbocycles. The molecule has 0 amide bonds. The van der Waals surface area contributed by atoms with Gasteiger partial charge in [-0.25, -0.2) is 4.21 Å². The summed E-state index contributed by atoms with van der Waals surface area (Å²) in [5.41, 5.74) is 0.800. The number of nitrogens with zero attached hydrogens (tertiary/aromatic N) is 1. The number of benzene rings is 1. The molecule has 2 aliphatic heterocycles. The van der Waals surface area contributed by atoms with Crippen molar-refractivity contribution >= 4 is 33.1 Å². The van der Waals surface area contributed by atoms with Crippen LogP contribution in [0.2, 0.25) is 0 Å². The third-order valence-corrected chi connectivity index (χ3v) is 6.29. The van der Waals surface area contributed by atoms with E-state index in [2.05, 4.69) is 26.4 Å². The van der Waals surface area contributed by atoms with E-state index < -0.39 is 11.0 Å². The van der Waals surface area contributed by atoms with Crippen molar-refractivity contribution in [3.05, 3.63) is 28.2 Å². The van der Waals surface area contributed by atoms with Crippen LogP contribution in [0.5, 0.6) is 5.75 Å². The first-order chi connectivity index (χ1) is 11.3. The molecule has 3 atom stereocenters. The number of hydrogen-bond donors (Lipinski definition) is 0. The predicted molar refractivity (Wildman–Crippen MR) is 101 cm³/mol. The molecule has 6 heteroatoms. The Hall–Kier alpha value is -0.720. The first kappa shape index (κ1) is 18.1. The van der Waals surface area contributed by atoms with Crippen LogP contribution >= 0.6 is 15.9 Å². The van der Waals surface area contributed by atoms with Gasteiger partial charge in [-0.3, -0.25) is 0 Å². The maximum Gasteiger partial charge on any atom is 0.144 e. The van der Waals surface area contributed by atoms with Gasteiger partial charge in [0.05, 0.1) is 11.4 Å². The molecule has 24 heavy (non-hydrogen) atoms. The van der Waals surface area contributed by atoms with Crippen LogP contribution in [-0.4, -0.2) is 34.0 Å². The van der Waals surface area contributed by atoms with Crippen molar-refractivity contribution < 1.29 is 13.7 Å². The molecule has 2 aliphatic rings. The molecule has 0 radical (unpaired) electrons. The molecule has 2 heterocycles. The minimum Gasteiger partial charge on any atom is -0.485 e. The predicted octanol–water partition coefficient (Wildman–Crippen LogP) is 4.40. The van der Waals surface area contributed by atoms with Gasteiger partial charge in [-0.05, 0) is 51.8 Å². The van der Waals surface area contributed by atoms with Crippen molar-refractivity contribution in [2.45, 2.75) is 56.3 Å². The van der Waals surface area contributed by atoms with Crippen LogP contribution in [0.15, 0.2) is 27.1 Å². The molecule has 0 aliphatic carbocycles. The van der Waals surface area contributed by atoms with Gasteiger partial charge < -0.3 is 9.47 Å². The Bertz CT molecular complexity index is 663. The minimum atomic E-state index is -1.25. The summed E-state index contributed by atoms with van der Waals surface area (Å²) >= 11 is 3.53. The average Bonchev–Trinajstić information content (AvgIpc) is 2.53. The molecule has 1 spiro atoms. The van der Waals surface area contributed by atoms with Gasteiger partial charge in [-0.1, -0.05) is 15.9 Å². The van der Waals surface area contributed by atoms with Gasteiger partial charge in [0.1, 0.15) is 22.3 Å². The third kappa shape index (κ3) is 3.92. The zero-order valence-electron chi connectivity index (χ0n) is 14.4. The second-order valence-electron chi connectivity index (χ2n) is 7.55. The molecule has 0 saturated carbocycles. The highest BCUT2D eigenvalue weighted by Gasteiger charge is 2.42. The maximum absolute atomic E-state index is 12.3. The van der Waals surface area contributed by atoms with E-state index >= 15 is 0 Å². The van der Waals surface area contributed by atoms with E-state index in [4.69, 9.17) is 9.47 Å². The lowest BCUT2D eigenvalue weighted by Crippen LogP contribution is -2.48. The Balaban J connectivity index is 1.92. The molecule has 0 N–H and O–H groups in total. The Labute approximate surface area is 154 Å². The van der Waals surface area contributed by atoms with Crippen molar-refractivity contribution in [3.8, 4) is 5.75 Å². The number of halogens is 1. The third-order valence-electron chi connectivity index (χ3n) is 4.44. The molecule has 4 nitrogen and oxygen atoms in total. The van der Waals surface area contributed by atoms with E-state index in [1.165, 1.54) is 0 Å². The molecule has 3 rings (SSSR count). The SMILES string of the molecule is CC(C)(C)S(=O)N=CC1CC2(CCCOC2)Oc2ccc(Br)cc21. The first-order valence-electron chi connectivity index (χ1n) is 8.32. The highest BCUT2D eigenvalue weighted by Crippen LogP contribution is 2.44. The second kappa shape index (κ2) is 6.89. The maximum atomic E-state index is 12.3. The van der Waals surface area contributed by atoms with Crippen molar-refractivity contribution in [2.75, 3.05) is 13.2 Å². The van der Waals surface area contributed by atoms with Gasteiger partial charge in [-0.15, -0.1) is 0 Å². The van der Waals surface area contributed by atoms with Crippen molar-refractivity contribution in [3.63, 3.8) is 0 Å². The molecule has 3 unspecified atom stereocenters. The summed E-state index contributed by atoms with van der Waals surface area (Å²) in [5, 5.41) is 0. The van der Waals surface area contributed by atoms with Gasteiger partial charge in [0, 0.05) is 35.2 Å². The van der Waals surface area contributed by atoms with E-state index in [0.29, 0.717) is 6.61 Å². The molecule has 132 valence electrons. The van der Waals surface area contributed by atoms with Gasteiger partial charge in [0.15, 0.2) is 0 Å². The topological polar surface area (TPSA) is 47.9 Å². The van der Waals surface area contributed by atoms with E-state index in [-0.39, 0.29) is 16.3 Å². The Kier molecular flexibility index (Phi) is 5.19. The summed E-state index contributed by atoms with van der Waals surface area (Å²) in [5.74, 6) is 0.965. The Morgan fingerprint density at radius 3 is 2.88 bits per heavy atom. The minimum absolute atomic E-state index is 0.0826. The quantitative estimate of drug-likeness (QED) is 0.675. The van der Waals surface area contributed by atoms with Crippen LogP contribution in [0.25, 0.3) is 0 Å². The summed E-state index contributed by atoms with van der Waals surface area (Å²) < 4.78 is 29.3. The van der Waals surface area contributed by atoms with Gasteiger partial charge in [-0.2, -0.15) is 4.40 Å². The van der Waals surface area contributed by atoms with Crippen LogP contribution in [-0.2, 0) is 15.7 Å². The highest BCUT2D eigenvalue weighted by atomic mass is 79.9. The molecule has 0 aromatic heterocycles. The van der Waals surface area contributed by atoms with Crippen LogP contribution in [0.1, 0.15) is 51.5 Å². The Morgan fingerprint density at radius 2 is 2.21 bits per heavy atom. The summed E-state index contributed by atoms with van der Waals surface area (Å²) in [6.07, 6.45) is 4.64. The lowest BCUT2D eigenvalue weighted by atomic mass is 9.80. The molecule has 1 saturated heterocycles. The molecule has 1 fully saturated rings. The van der Waals surface area contributed by atoms with Crippen molar-refractivity contribution in [1.82, 2.24) is 0 Å². The van der Waals surface area contributed by atoms with Crippen LogP contribution in [0.3, 0.4) is 0 Å². The number of ether oxygens (including phenoxy) is 2. The normalized spacial score (nSPS) is 28.6. The summed E-state index contributed by atoms with van der Waals surface area (Å²) in [6, 6.07) is 6.06. The van der Waals surface area contributed by atoms with Crippen molar-refractivity contribution in [1.29, 1.82) is 0 Å². The van der Waals surface area contributed by atoms with E-state index in [0.717, 1.165) is 41.7 Å². The van der Waals surface area contributed by atoms with Gasteiger partial charge in [0.2, 0.25) is 0 Å². The van der Waals surface area contributed by atoms with E-state index in [9.17, 15) is 4.21 Å². The average molecular weight is 414 g/mol. The van der Waals surface area contributed by atoms with Gasteiger partial charge in [0.25, 0.3) is 0 Å². The standard InChI is InChI=1S/C18H24BrNO3S/c1-17(2,3)24(21)20-11-13-10-18(7-4-8-22-12-18)23-16-6-5-14(19)9-15(13)16/h5-6,9,11,13H,4,7-8,10,12H2,1-3H3. The fourth-order valence-corrected chi connectivity index (χ4v) is 4.13. The number of hydrogen-bond acceptors (Lipinski definition) is 3. The summed E-state index contributed by atoms with van der Waals surface area (Å²) in [4.78, 5) is 0. The lowest BCUT2D eigenvalue weighted by Gasteiger charge is -2.43. The van der Waals surface area contributed by atoms with E-state index in [1.54, 1.807) is 0 Å². The zero-order chi connectivity index (χ0) is 17.4. The second-order valence-corrected chi connectivity index (χ2v) is 10.4. The van der Waals surface area contributed by atoms with Crippen molar-refractivity contribution in [2.24, 2.45) is 4.40 Å². The van der Waals surface area contributed by atoms with Crippen LogP contribution in [0.4, 0.5) is 0 Å². The van der Waals surface area contributed by atoms with Gasteiger partial charge >= 0.3 is 0 Å². The fourth-order valence-electron chi connectivity index (χ4n) is 3.18. The number of rotatable bonds is 2. The molecular weight excluding hydrogens is 390 g/mol. The first-order valence-corrected chi connectivity index (χ1v) is 10.2. The monoisotopic (exact) mass is 413 g/mol. The zero-order valence-corrected chi connectivity index (χ0v) is 16.8. The molecular formula is C18H24BrNO3S. The van der Waals surface area contributed by atoms with Crippen LogP contribution < -0.4 is 4.74 Å². The van der Waals surface area contributed by atoms with Crippen LogP contribution in [0, 0.1) is 0 Å². The largest absolute Gasteiger partial charge is 0.485 e. The molecule has 0 bridgehead atoms. The Morgan fingerprint density at radius 1 is 1.42 bits per heavy atom. The fraction of sp³-hybridized carbons (Fsp3) is 0.611. The smallest absolute Gasteiger partial charge is 0.144 e. The highest BCUT2D eigenvalue weighted by molar-refractivity contribution is 9.10. The molecule has 1 aromatic rings. The van der Waals surface area contributed by atoms with E-state index in [1.807, 2.05) is 39.1 Å². The number of fused-ring (bicyclic) bond motifs is 1. The lowest BCUT2D eigenvalue weighted by molar-refractivity contribution is -0.0799. The summed E-state index contributed by atoms with van der Waals surface area (Å²) in [6.45, 7) is 7.21. The summed E-state index contributed by atoms with van der Waals surface area (Å²) in [7, 11) is -1.25.